The number of phenolic OH excluding ortho intramolecular Hbond substituents is 2. The molecule has 4 rings (SSSR count). The van der Waals surface area contributed by atoms with Gasteiger partial charge in [0.2, 0.25) is 5.95 Å². The fraction of sp³-hybridized carbons (Fsp3) is 0.560. The van der Waals surface area contributed by atoms with E-state index in [1.165, 1.54) is 19.2 Å². The van der Waals surface area contributed by atoms with Gasteiger partial charge in [0.15, 0.2) is 11.5 Å². The molecule has 1 fully saturated rings. The van der Waals surface area contributed by atoms with Crippen LogP contribution in [0.25, 0.3) is 11.4 Å². The number of aromatic hydroxyl groups is 2. The molecular weight excluding hydrogens is 446 g/mol. The molecule has 1 aliphatic carbocycles. The monoisotopic (exact) mass is 483 g/mol. The van der Waals surface area contributed by atoms with Gasteiger partial charge in [-0.2, -0.15) is 10.1 Å². The molecule has 3 aliphatic rings. The first kappa shape index (κ1) is 24.8. The van der Waals surface area contributed by atoms with Crippen molar-refractivity contribution in [3.8, 4) is 28.6 Å². The van der Waals surface area contributed by atoms with E-state index in [9.17, 15) is 10.2 Å². The molecule has 0 bridgehead atoms. The van der Waals surface area contributed by atoms with Crippen molar-refractivity contribution in [3.63, 3.8) is 0 Å². The van der Waals surface area contributed by atoms with Crippen LogP contribution in [-0.4, -0.2) is 49.2 Å². The van der Waals surface area contributed by atoms with E-state index in [1.54, 1.807) is 0 Å². The highest BCUT2D eigenvalue weighted by Crippen LogP contribution is 2.39. The summed E-state index contributed by atoms with van der Waals surface area (Å²) in [4.78, 5) is 4.94. The zero-order valence-electron chi connectivity index (χ0n) is 21.2. The molecule has 6 N–H and O–H groups in total. The van der Waals surface area contributed by atoms with Crippen LogP contribution in [-0.2, 0) is 6.54 Å². The number of phenols is 2. The molecule has 0 spiro atoms. The van der Waals surface area contributed by atoms with E-state index >= 15 is 0 Å². The van der Waals surface area contributed by atoms with Crippen LogP contribution in [0.4, 0.5) is 11.8 Å². The molecule has 1 saturated carbocycles. The first-order valence-electron chi connectivity index (χ1n) is 12.3. The SMILES string of the molecule is COc1cc(O)c(CNc2nc(NC3CCC(N)CC3)n(C(C)C)c3c(C(C)C)nnc2-3)c(O)c1. The Morgan fingerprint density at radius 2 is 1.74 bits per heavy atom. The van der Waals surface area contributed by atoms with Gasteiger partial charge in [-0.1, -0.05) is 13.8 Å². The molecule has 0 unspecified atom stereocenters. The molecule has 0 aromatic heterocycles. The molecule has 35 heavy (non-hydrogen) atoms. The number of aromatic nitrogens is 4. The van der Waals surface area contributed by atoms with Gasteiger partial charge in [0.25, 0.3) is 0 Å². The van der Waals surface area contributed by atoms with Gasteiger partial charge in [0.1, 0.15) is 17.2 Å². The summed E-state index contributed by atoms with van der Waals surface area (Å²) in [5, 5.41) is 36.8. The number of nitrogens with one attached hydrogen (secondary N) is 2. The summed E-state index contributed by atoms with van der Waals surface area (Å²) in [5.41, 5.74) is 8.97. The largest absolute Gasteiger partial charge is 0.507 e. The molecule has 0 atom stereocenters. The highest BCUT2D eigenvalue weighted by molar-refractivity contribution is 5.75. The topological polar surface area (TPSA) is 143 Å². The average molecular weight is 484 g/mol. The lowest BCUT2D eigenvalue weighted by molar-refractivity contribution is 0.394. The highest BCUT2D eigenvalue weighted by Gasteiger charge is 2.29. The van der Waals surface area contributed by atoms with Gasteiger partial charge in [0, 0.05) is 36.8 Å². The standard InChI is InChI=1S/C25H37N7O3/c1-13(2)21-23-22(31-30-21)24(27-12-18-19(33)10-17(35-5)11-20(18)34)29-25(32(23)14(3)4)28-16-8-6-15(26)7-9-16/h10-11,13-16,27,33-34H,6-9,12,26H2,1-5H3,(H,28,29). The Balaban J connectivity index is 1.74. The van der Waals surface area contributed by atoms with Gasteiger partial charge in [-0.3, -0.25) is 0 Å². The molecule has 1 aromatic carbocycles. The fourth-order valence-corrected chi connectivity index (χ4v) is 4.69. The van der Waals surface area contributed by atoms with Crippen molar-refractivity contribution in [2.24, 2.45) is 5.73 Å². The summed E-state index contributed by atoms with van der Waals surface area (Å²) < 4.78 is 7.29. The Morgan fingerprint density at radius 3 is 2.31 bits per heavy atom. The zero-order valence-corrected chi connectivity index (χ0v) is 21.2. The average Bonchev–Trinajstić information content (AvgIpc) is 3.24. The predicted octanol–water partition coefficient (Wildman–Crippen LogP) is 4.20. The number of hydrogen-bond acceptors (Lipinski definition) is 9. The molecule has 0 amide bonds. The van der Waals surface area contributed by atoms with Crippen LogP contribution in [0.3, 0.4) is 0 Å². The number of ether oxygens (including phenoxy) is 1. The summed E-state index contributed by atoms with van der Waals surface area (Å²) in [6.45, 7) is 8.61. The van der Waals surface area contributed by atoms with Gasteiger partial charge in [-0.15, -0.1) is 5.10 Å². The van der Waals surface area contributed by atoms with Gasteiger partial charge < -0.3 is 35.9 Å². The van der Waals surface area contributed by atoms with Crippen LogP contribution in [0.5, 0.6) is 17.2 Å². The van der Waals surface area contributed by atoms with Crippen molar-refractivity contribution in [1.29, 1.82) is 0 Å². The van der Waals surface area contributed by atoms with Crippen molar-refractivity contribution >= 4 is 11.8 Å². The van der Waals surface area contributed by atoms with Gasteiger partial charge >= 0.3 is 0 Å². The van der Waals surface area contributed by atoms with E-state index in [-0.39, 0.29) is 42.1 Å². The minimum Gasteiger partial charge on any atom is -0.507 e. The Morgan fingerprint density at radius 1 is 1.09 bits per heavy atom. The van der Waals surface area contributed by atoms with Crippen molar-refractivity contribution in [2.75, 3.05) is 17.7 Å². The molecule has 1 aromatic rings. The second kappa shape index (κ2) is 10.2. The van der Waals surface area contributed by atoms with Crippen LogP contribution in [0, 0.1) is 0 Å². The van der Waals surface area contributed by atoms with Crippen LogP contribution >= 0.6 is 0 Å². The van der Waals surface area contributed by atoms with Gasteiger partial charge in [-0.05, 0) is 45.4 Å². The first-order valence-corrected chi connectivity index (χ1v) is 12.3. The number of nitrogens with two attached hydrogens (primary N) is 1. The van der Waals surface area contributed by atoms with Gasteiger partial charge in [-0.25, -0.2) is 0 Å². The lowest BCUT2D eigenvalue weighted by atomic mass is 9.92. The zero-order chi connectivity index (χ0) is 25.3. The van der Waals surface area contributed by atoms with Crippen molar-refractivity contribution in [2.45, 2.75) is 84.0 Å². The number of nitrogens with zero attached hydrogens (tertiary/aromatic N) is 4. The Labute approximate surface area is 206 Å². The van der Waals surface area contributed by atoms with Gasteiger partial charge in [0.05, 0.1) is 24.1 Å². The summed E-state index contributed by atoms with van der Waals surface area (Å²) >= 11 is 0. The number of methoxy groups -OCH3 is 1. The molecule has 2 heterocycles. The normalized spacial score (nSPS) is 18.4. The summed E-state index contributed by atoms with van der Waals surface area (Å²) in [7, 11) is 1.48. The summed E-state index contributed by atoms with van der Waals surface area (Å²) in [6, 6.07) is 3.62. The molecule has 0 saturated heterocycles. The second-order valence-corrected chi connectivity index (χ2v) is 9.94. The number of anilines is 2. The Hall–Kier alpha value is -3.27. The molecule has 2 aliphatic heterocycles. The van der Waals surface area contributed by atoms with E-state index in [1.807, 2.05) is 0 Å². The van der Waals surface area contributed by atoms with E-state index in [4.69, 9.17) is 15.5 Å². The van der Waals surface area contributed by atoms with E-state index < -0.39 is 0 Å². The van der Waals surface area contributed by atoms with E-state index in [0.717, 1.165) is 43.0 Å². The van der Waals surface area contributed by atoms with Crippen LogP contribution in [0.1, 0.15) is 76.6 Å². The number of hydrogen-bond donors (Lipinski definition) is 5. The Kier molecular flexibility index (Phi) is 7.20. The second-order valence-electron chi connectivity index (χ2n) is 9.94. The smallest absolute Gasteiger partial charge is 0.205 e. The molecular formula is C25H37N7O3. The van der Waals surface area contributed by atoms with E-state index in [0.29, 0.717) is 22.8 Å². The fourth-order valence-electron chi connectivity index (χ4n) is 4.69. The summed E-state index contributed by atoms with van der Waals surface area (Å²) in [6.07, 6.45) is 3.95. The van der Waals surface area contributed by atoms with Crippen molar-refractivity contribution < 1.29 is 14.9 Å². The molecule has 10 heteroatoms. The summed E-state index contributed by atoms with van der Waals surface area (Å²) in [5.74, 6) is 1.72. The number of rotatable bonds is 8. The van der Waals surface area contributed by atoms with Crippen molar-refractivity contribution in [3.05, 3.63) is 23.4 Å². The maximum Gasteiger partial charge on any atom is 0.205 e. The third-order valence-corrected chi connectivity index (χ3v) is 6.65. The quantitative estimate of drug-likeness (QED) is 0.318. The lowest BCUT2D eigenvalue weighted by Gasteiger charge is -2.30. The highest BCUT2D eigenvalue weighted by atomic mass is 16.5. The first-order chi connectivity index (χ1) is 16.7. The molecule has 190 valence electrons. The maximum absolute atomic E-state index is 10.4. The molecule has 10 nitrogen and oxygen atoms in total. The molecule has 0 radical (unpaired) electrons. The lowest BCUT2D eigenvalue weighted by Crippen LogP contribution is -2.34. The van der Waals surface area contributed by atoms with Crippen LogP contribution < -0.4 is 21.1 Å². The van der Waals surface area contributed by atoms with Crippen molar-refractivity contribution in [1.82, 2.24) is 19.7 Å². The number of fused-ring (bicyclic) bond motifs is 1. The maximum atomic E-state index is 10.4. The third kappa shape index (κ3) is 5.07. The predicted molar refractivity (Wildman–Crippen MR) is 136 cm³/mol. The minimum atomic E-state index is -0.0628. The number of benzene rings is 1. The van der Waals surface area contributed by atoms with Crippen LogP contribution in [0.15, 0.2) is 12.1 Å². The Bertz CT molecular complexity index is 1110. The third-order valence-electron chi connectivity index (χ3n) is 6.65. The van der Waals surface area contributed by atoms with E-state index in [2.05, 4.69) is 53.1 Å². The van der Waals surface area contributed by atoms with Crippen LogP contribution in [0.2, 0.25) is 0 Å². The minimum absolute atomic E-state index is 0.0628.